The number of carbonyl (C=O) groups is 3. The van der Waals surface area contributed by atoms with Gasteiger partial charge in [-0.05, 0) is 157 Å². The number of nitrogens with zero attached hydrogens (tertiary/aromatic N) is 1. The molecule has 0 fully saturated rings. The van der Waals surface area contributed by atoms with E-state index in [4.69, 9.17) is 19.2 Å². The maximum Gasteiger partial charge on any atom is 0.417 e. The molecule has 17 heteroatoms. The number of aromatic amines is 1. The molecular weight excluding hydrogens is 1000 g/mol. The molecule has 0 saturated carbocycles. The number of esters is 2. The highest BCUT2D eigenvalue weighted by Crippen LogP contribution is 2.50. The molecule has 8 rings (SSSR count). The van der Waals surface area contributed by atoms with E-state index < -0.39 is 46.6 Å². The highest BCUT2D eigenvalue weighted by molar-refractivity contribution is 6.34. The van der Waals surface area contributed by atoms with Crippen molar-refractivity contribution in [1.29, 1.82) is 0 Å². The highest BCUT2D eigenvalue weighted by Gasteiger charge is 2.41. The maximum absolute atomic E-state index is 14.1. The molecule has 1 aliphatic heterocycles. The largest absolute Gasteiger partial charge is 0.497 e. The number of aromatic nitrogens is 1. The third kappa shape index (κ3) is 12.6. The molecule has 0 unspecified atom stereocenters. The number of alkyl halides is 9. The Morgan fingerprint density at radius 1 is 0.618 bits per heavy atom. The number of carbonyl (C=O) groups excluding carboxylic acids is 3. The number of aliphatic imine (C=N–C) groups is 1. The average molecular weight is 1070 g/mol. The summed E-state index contributed by atoms with van der Waals surface area (Å²) in [6.45, 7) is 23.7. The molecule has 408 valence electrons. The first-order valence-electron chi connectivity index (χ1n) is 25.0. The summed E-state index contributed by atoms with van der Waals surface area (Å²) in [5.41, 5.74) is 3.53. The predicted octanol–water partition coefficient (Wildman–Crippen LogP) is 17.2. The Hall–Kier alpha value is -7.17. The fourth-order valence-electron chi connectivity index (χ4n) is 9.26. The Morgan fingerprint density at radius 3 is 1.51 bits per heavy atom. The first-order valence-corrected chi connectivity index (χ1v) is 25.0. The lowest BCUT2D eigenvalue weighted by Gasteiger charge is -2.23. The van der Waals surface area contributed by atoms with Crippen LogP contribution in [-0.4, -0.2) is 49.2 Å². The summed E-state index contributed by atoms with van der Waals surface area (Å²) in [7, 11) is 1.63. The Balaban J connectivity index is 0.000000301. The molecule has 8 nitrogen and oxygen atoms in total. The molecule has 0 atom stereocenters. The zero-order valence-electron chi connectivity index (χ0n) is 44.8. The van der Waals surface area contributed by atoms with Crippen molar-refractivity contribution < 1.29 is 68.1 Å². The third-order valence-electron chi connectivity index (χ3n) is 12.2. The van der Waals surface area contributed by atoms with Gasteiger partial charge in [0.1, 0.15) is 12.0 Å². The van der Waals surface area contributed by atoms with Gasteiger partial charge in [-0.25, -0.2) is 9.59 Å². The molecule has 1 N–H and O–H groups in total. The zero-order chi connectivity index (χ0) is 57.2. The number of hydrogen-bond donors (Lipinski definition) is 1. The number of nitrogens with one attached hydrogen (secondary N) is 1. The molecule has 1 aromatic heterocycles. The van der Waals surface area contributed by atoms with Gasteiger partial charge in [0.2, 0.25) is 0 Å². The van der Waals surface area contributed by atoms with Gasteiger partial charge in [-0.3, -0.25) is 4.99 Å². The van der Waals surface area contributed by atoms with Gasteiger partial charge in [0.15, 0.2) is 0 Å². The summed E-state index contributed by atoms with van der Waals surface area (Å²) in [5, 5.41) is -1.23. The quantitative estimate of drug-likeness (QED) is 0.0345. The van der Waals surface area contributed by atoms with Gasteiger partial charge in [-0.2, -0.15) is 39.5 Å². The van der Waals surface area contributed by atoms with Crippen molar-refractivity contribution in [2.45, 2.75) is 121 Å². The number of ether oxygens (including phenoxy) is 3. The van der Waals surface area contributed by atoms with E-state index in [-0.39, 0.29) is 75.1 Å². The van der Waals surface area contributed by atoms with Crippen LogP contribution < -0.4 is 4.74 Å². The van der Waals surface area contributed by atoms with Crippen LogP contribution in [0, 0.1) is 20.8 Å². The van der Waals surface area contributed by atoms with Gasteiger partial charge in [0, 0.05) is 28.8 Å². The van der Waals surface area contributed by atoms with E-state index in [0.717, 1.165) is 52.3 Å². The standard InChI is InChI=1S/C27H15F9O.C26H30N2O5.3C2H6/c28-25(29,30)18-9-6-15-17-8-11-20(27(34,35)36)24-19(26(31,32)33)10-7-16(23(17)24)14-5-4-13(3-1-2-12-37)21(18)22(14)15;1-8-32-25(29)19-12-21(27-16(19)5)24(23-14(3)10-18(31-7)11-15(23)4)22-13-20(17(6)28-22)26(30)33-9-2;3*1-2/h4-12H,1-3H2;10-13,27H,8-9H2,1-7H3;3*1-2H3/b;24-22+;;;. The minimum atomic E-state index is -5.10. The smallest absolute Gasteiger partial charge is 0.417 e. The van der Waals surface area contributed by atoms with Gasteiger partial charge in [0.25, 0.3) is 0 Å². The van der Waals surface area contributed by atoms with Crippen LogP contribution in [0.25, 0.3) is 48.7 Å². The van der Waals surface area contributed by atoms with Crippen molar-refractivity contribution in [3.63, 3.8) is 0 Å². The van der Waals surface area contributed by atoms with E-state index >= 15 is 0 Å². The van der Waals surface area contributed by atoms with Crippen LogP contribution in [-0.2, 0) is 44.0 Å². The van der Waals surface area contributed by atoms with Crippen LogP contribution in [0.1, 0.15) is 136 Å². The number of aryl methyl sites for hydroxylation is 4. The van der Waals surface area contributed by atoms with Gasteiger partial charge in [-0.1, -0.05) is 71.9 Å². The lowest BCUT2D eigenvalue weighted by Crippen LogP contribution is -2.12. The van der Waals surface area contributed by atoms with Crippen LogP contribution in [0.4, 0.5) is 39.5 Å². The van der Waals surface area contributed by atoms with Crippen molar-refractivity contribution in [2.24, 2.45) is 4.99 Å². The highest BCUT2D eigenvalue weighted by atomic mass is 19.4. The van der Waals surface area contributed by atoms with Crippen LogP contribution in [0.5, 0.6) is 5.75 Å². The van der Waals surface area contributed by atoms with Gasteiger partial charge >= 0.3 is 30.5 Å². The van der Waals surface area contributed by atoms with Gasteiger partial charge in [0.05, 0.1) is 59.6 Å². The molecule has 0 bridgehead atoms. The second-order valence-corrected chi connectivity index (χ2v) is 16.6. The Kier molecular flexibility index (Phi) is 20.7. The van der Waals surface area contributed by atoms with E-state index in [1.807, 2.05) is 74.4 Å². The Bertz CT molecular complexity index is 3230. The number of rotatable bonds is 11. The molecule has 0 aliphatic carbocycles. The second-order valence-electron chi connectivity index (χ2n) is 16.6. The van der Waals surface area contributed by atoms with Crippen molar-refractivity contribution in [3.05, 3.63) is 140 Å². The SMILES string of the molecule is CC.CC.CC.CCOC(=O)C1=C/C(=C(/c2cc(C(=O)OCC)c(C)[nH]2)c2c(C)cc(OC)cc2C)N=C1C.O=CCCCc1ccc2c3ccc(C(F)(F)F)c4c(C(F)(F)F)ccc(c5ccc(C(F)(F)F)c1c25)c43. The van der Waals surface area contributed by atoms with Crippen molar-refractivity contribution in [3.8, 4) is 5.75 Å². The molecule has 1 aliphatic rings. The molecule has 0 radical (unpaired) electrons. The third-order valence-corrected chi connectivity index (χ3v) is 12.2. The summed E-state index contributed by atoms with van der Waals surface area (Å²) >= 11 is 0. The number of H-pyrrole nitrogens is 1. The van der Waals surface area contributed by atoms with E-state index in [2.05, 4.69) is 4.98 Å². The number of fused-ring (bicyclic) bond motifs is 2. The minimum Gasteiger partial charge on any atom is -0.497 e. The molecule has 0 spiro atoms. The van der Waals surface area contributed by atoms with Crippen molar-refractivity contribution in [1.82, 2.24) is 4.98 Å². The number of allylic oxidation sites excluding steroid dienone is 1. The first kappa shape index (κ1) is 61.4. The van der Waals surface area contributed by atoms with Crippen molar-refractivity contribution in [2.75, 3.05) is 20.3 Å². The van der Waals surface area contributed by atoms with Crippen LogP contribution >= 0.6 is 0 Å². The molecule has 0 saturated heterocycles. The Labute approximate surface area is 436 Å². The normalized spacial score (nSPS) is 13.1. The van der Waals surface area contributed by atoms with Crippen LogP contribution in [0.2, 0.25) is 0 Å². The minimum absolute atomic E-state index is 0.0135. The number of hydrogen-bond acceptors (Lipinski definition) is 7. The lowest BCUT2D eigenvalue weighted by molar-refractivity contribution is -0.140. The van der Waals surface area contributed by atoms with Gasteiger partial charge < -0.3 is 24.0 Å². The van der Waals surface area contributed by atoms with E-state index in [9.17, 15) is 53.9 Å². The molecule has 76 heavy (non-hydrogen) atoms. The second kappa shape index (κ2) is 25.6. The summed E-state index contributed by atoms with van der Waals surface area (Å²) < 4.78 is 141. The van der Waals surface area contributed by atoms with Crippen molar-refractivity contribution >= 4 is 72.6 Å². The fourth-order valence-corrected chi connectivity index (χ4v) is 9.26. The summed E-state index contributed by atoms with van der Waals surface area (Å²) in [6, 6.07) is 13.5. The number of methoxy groups -OCH3 is 1. The van der Waals surface area contributed by atoms with E-state index in [0.29, 0.717) is 59.0 Å². The van der Waals surface area contributed by atoms with E-state index in [1.165, 1.54) is 12.1 Å². The van der Waals surface area contributed by atoms with E-state index in [1.54, 1.807) is 40.0 Å². The fraction of sp³-hybridized carbons (Fsp3) is 0.356. The van der Waals surface area contributed by atoms with Gasteiger partial charge in [-0.15, -0.1) is 0 Å². The lowest BCUT2D eigenvalue weighted by atomic mass is 9.83. The molecule has 7 aromatic rings. The summed E-state index contributed by atoms with van der Waals surface area (Å²) in [6.07, 6.45) is -12.1. The monoisotopic (exact) mass is 1070 g/mol. The number of benzene rings is 6. The number of aldehydes is 1. The number of halogens is 9. The van der Waals surface area contributed by atoms with Crippen LogP contribution in [0.15, 0.2) is 89.1 Å². The molecule has 6 aromatic carbocycles. The molecule has 2 heterocycles. The summed E-state index contributed by atoms with van der Waals surface area (Å²) in [5.74, 6) is -0.0492. The summed E-state index contributed by atoms with van der Waals surface area (Å²) in [4.78, 5) is 43.7. The average Bonchev–Trinajstić information content (AvgIpc) is 3.96. The van der Waals surface area contributed by atoms with Crippen LogP contribution in [0.3, 0.4) is 0 Å². The molecular formula is C59H63F9N2O6. The number of unbranched alkanes of at least 4 members (excludes halogenated alkanes) is 1. The Morgan fingerprint density at radius 2 is 1.07 bits per heavy atom. The maximum atomic E-state index is 14.1. The first-order chi connectivity index (χ1) is 36.0. The molecule has 0 amide bonds. The predicted molar refractivity (Wildman–Crippen MR) is 284 cm³/mol. The zero-order valence-corrected chi connectivity index (χ0v) is 44.8. The topological polar surface area (TPSA) is 107 Å².